The topological polar surface area (TPSA) is 57.2 Å². The summed E-state index contributed by atoms with van der Waals surface area (Å²) in [6.45, 7) is 4.44. The molecule has 0 bridgehead atoms. The zero-order valence-corrected chi connectivity index (χ0v) is 15.6. The van der Waals surface area contributed by atoms with Crippen molar-refractivity contribution >= 4 is 27.3 Å². The second-order valence-corrected chi connectivity index (χ2v) is 7.53. The largest absolute Gasteiger partial charge is 0.357 e. The normalized spacial score (nSPS) is 15.5. The third-order valence-electron chi connectivity index (χ3n) is 4.87. The van der Waals surface area contributed by atoms with Crippen LogP contribution in [0.2, 0.25) is 0 Å². The SMILES string of the molecule is CC1CCN(c2ccc(-c3cc(Br)cn4ncc(C#N)c34)cn2)CC1. The summed E-state index contributed by atoms with van der Waals surface area (Å²) >= 11 is 3.52. The Hall–Kier alpha value is -2.39. The van der Waals surface area contributed by atoms with Gasteiger partial charge in [-0.15, -0.1) is 0 Å². The van der Waals surface area contributed by atoms with Crippen LogP contribution in [0.5, 0.6) is 0 Å². The second kappa shape index (κ2) is 6.49. The number of hydrogen-bond donors (Lipinski definition) is 0. The lowest BCUT2D eigenvalue weighted by atomic mass is 9.99. The summed E-state index contributed by atoms with van der Waals surface area (Å²) in [6.07, 6.45) is 7.79. The molecule has 3 aromatic heterocycles. The van der Waals surface area contributed by atoms with Crippen LogP contribution in [0, 0.1) is 17.2 Å². The van der Waals surface area contributed by atoms with Crippen LogP contribution < -0.4 is 4.90 Å². The van der Waals surface area contributed by atoms with Crippen molar-refractivity contribution in [2.45, 2.75) is 19.8 Å². The molecule has 0 atom stereocenters. The highest BCUT2D eigenvalue weighted by Crippen LogP contribution is 2.31. The van der Waals surface area contributed by atoms with Crippen LogP contribution in [0.3, 0.4) is 0 Å². The zero-order valence-electron chi connectivity index (χ0n) is 14.0. The van der Waals surface area contributed by atoms with E-state index in [1.165, 1.54) is 12.8 Å². The summed E-state index contributed by atoms with van der Waals surface area (Å²) < 4.78 is 2.65. The molecule has 0 aromatic carbocycles. The maximum absolute atomic E-state index is 9.36. The van der Waals surface area contributed by atoms with Crippen molar-refractivity contribution in [3.63, 3.8) is 0 Å². The van der Waals surface area contributed by atoms with E-state index in [1.807, 2.05) is 18.5 Å². The molecule has 3 aromatic rings. The molecule has 4 rings (SSSR count). The highest BCUT2D eigenvalue weighted by Gasteiger charge is 2.17. The fourth-order valence-electron chi connectivity index (χ4n) is 3.36. The number of piperidine rings is 1. The van der Waals surface area contributed by atoms with Gasteiger partial charge in [0.05, 0.1) is 17.3 Å². The number of anilines is 1. The van der Waals surface area contributed by atoms with E-state index in [0.29, 0.717) is 5.56 Å². The number of aromatic nitrogens is 3. The van der Waals surface area contributed by atoms with Gasteiger partial charge in [-0.05, 0) is 52.9 Å². The summed E-state index contributed by atoms with van der Waals surface area (Å²) in [5.41, 5.74) is 3.32. The van der Waals surface area contributed by atoms with Crippen molar-refractivity contribution in [2.75, 3.05) is 18.0 Å². The molecule has 1 fully saturated rings. The summed E-state index contributed by atoms with van der Waals surface area (Å²) in [6, 6.07) is 8.38. The molecule has 0 radical (unpaired) electrons. The van der Waals surface area contributed by atoms with Gasteiger partial charge in [0.2, 0.25) is 0 Å². The van der Waals surface area contributed by atoms with Crippen molar-refractivity contribution in [1.82, 2.24) is 14.6 Å². The summed E-state index contributed by atoms with van der Waals surface area (Å²) in [5.74, 6) is 1.83. The summed E-state index contributed by atoms with van der Waals surface area (Å²) in [5, 5.41) is 13.6. The van der Waals surface area contributed by atoms with Gasteiger partial charge in [0.25, 0.3) is 0 Å². The minimum Gasteiger partial charge on any atom is -0.357 e. The molecule has 1 aliphatic rings. The van der Waals surface area contributed by atoms with Gasteiger partial charge >= 0.3 is 0 Å². The molecule has 126 valence electrons. The number of hydrogen-bond acceptors (Lipinski definition) is 4. The molecule has 1 aliphatic heterocycles. The van der Waals surface area contributed by atoms with E-state index in [9.17, 15) is 5.26 Å². The zero-order chi connectivity index (χ0) is 17.4. The van der Waals surface area contributed by atoms with Crippen LogP contribution in [-0.2, 0) is 0 Å². The lowest BCUT2D eigenvalue weighted by molar-refractivity contribution is 0.436. The maximum Gasteiger partial charge on any atom is 0.128 e. The van der Waals surface area contributed by atoms with Gasteiger partial charge in [0, 0.05) is 41.1 Å². The number of rotatable bonds is 2. The number of fused-ring (bicyclic) bond motifs is 1. The van der Waals surface area contributed by atoms with Crippen LogP contribution in [0.25, 0.3) is 16.6 Å². The Morgan fingerprint density at radius 1 is 1.24 bits per heavy atom. The van der Waals surface area contributed by atoms with Crippen LogP contribution in [0.4, 0.5) is 5.82 Å². The molecule has 0 spiro atoms. The minimum absolute atomic E-state index is 0.566. The lowest BCUT2D eigenvalue weighted by Crippen LogP contribution is -2.33. The lowest BCUT2D eigenvalue weighted by Gasteiger charge is -2.31. The van der Waals surface area contributed by atoms with Gasteiger partial charge in [0.1, 0.15) is 11.9 Å². The van der Waals surface area contributed by atoms with Crippen LogP contribution in [0.15, 0.2) is 41.3 Å². The van der Waals surface area contributed by atoms with E-state index < -0.39 is 0 Å². The van der Waals surface area contributed by atoms with Crippen LogP contribution in [-0.4, -0.2) is 27.7 Å². The molecule has 5 nitrogen and oxygen atoms in total. The number of nitriles is 1. The molecule has 0 N–H and O–H groups in total. The predicted octanol–water partition coefficient (Wildman–Crippen LogP) is 4.27. The molecule has 0 saturated carbocycles. The highest BCUT2D eigenvalue weighted by atomic mass is 79.9. The van der Waals surface area contributed by atoms with E-state index in [-0.39, 0.29) is 0 Å². The van der Waals surface area contributed by atoms with E-state index in [0.717, 1.165) is 45.9 Å². The van der Waals surface area contributed by atoms with Gasteiger partial charge in [-0.25, -0.2) is 9.50 Å². The van der Waals surface area contributed by atoms with E-state index in [2.05, 4.69) is 56.0 Å². The Morgan fingerprint density at radius 2 is 2.04 bits per heavy atom. The predicted molar refractivity (Wildman–Crippen MR) is 101 cm³/mol. The van der Waals surface area contributed by atoms with Crippen molar-refractivity contribution in [2.24, 2.45) is 5.92 Å². The van der Waals surface area contributed by atoms with Gasteiger partial charge in [-0.1, -0.05) is 6.92 Å². The van der Waals surface area contributed by atoms with Crippen molar-refractivity contribution in [1.29, 1.82) is 5.26 Å². The van der Waals surface area contributed by atoms with Gasteiger partial charge < -0.3 is 4.90 Å². The summed E-state index contributed by atoms with van der Waals surface area (Å²) in [4.78, 5) is 7.03. The average molecular weight is 396 g/mol. The third kappa shape index (κ3) is 3.00. The Balaban J connectivity index is 1.72. The standard InChI is InChI=1S/C19H18BrN5/c1-13-4-6-24(7-5-13)18-3-2-14(10-22-18)17-8-16(20)12-25-19(17)15(9-21)11-23-25/h2-3,8,10-13H,4-7H2,1H3. The monoisotopic (exact) mass is 395 g/mol. The van der Waals surface area contributed by atoms with Crippen molar-refractivity contribution in [3.05, 3.63) is 46.8 Å². The van der Waals surface area contributed by atoms with Gasteiger partial charge in [-0.3, -0.25) is 0 Å². The molecule has 0 amide bonds. The Bertz CT molecular complexity index is 946. The first-order valence-corrected chi connectivity index (χ1v) is 9.23. The van der Waals surface area contributed by atoms with E-state index >= 15 is 0 Å². The van der Waals surface area contributed by atoms with Gasteiger partial charge in [0.15, 0.2) is 0 Å². The summed E-state index contributed by atoms with van der Waals surface area (Å²) in [7, 11) is 0. The second-order valence-electron chi connectivity index (χ2n) is 6.61. The Kier molecular flexibility index (Phi) is 4.18. The molecule has 0 aliphatic carbocycles. The van der Waals surface area contributed by atoms with Crippen molar-refractivity contribution < 1.29 is 0 Å². The van der Waals surface area contributed by atoms with Crippen LogP contribution in [0.1, 0.15) is 25.3 Å². The molecule has 4 heterocycles. The smallest absolute Gasteiger partial charge is 0.128 e. The maximum atomic E-state index is 9.36. The fourth-order valence-corrected chi connectivity index (χ4v) is 3.78. The molecular formula is C19H18BrN5. The van der Waals surface area contributed by atoms with Gasteiger partial charge in [-0.2, -0.15) is 10.4 Å². The number of nitrogens with zero attached hydrogens (tertiary/aromatic N) is 5. The first-order valence-electron chi connectivity index (χ1n) is 8.44. The molecule has 0 unspecified atom stereocenters. The van der Waals surface area contributed by atoms with E-state index in [1.54, 1.807) is 10.7 Å². The first kappa shape index (κ1) is 16.1. The molecular weight excluding hydrogens is 378 g/mol. The average Bonchev–Trinajstić information content (AvgIpc) is 3.04. The fraction of sp³-hybridized carbons (Fsp3) is 0.316. The first-order chi connectivity index (χ1) is 12.2. The quantitative estimate of drug-likeness (QED) is 0.649. The Labute approximate surface area is 155 Å². The number of pyridine rings is 2. The Morgan fingerprint density at radius 3 is 2.72 bits per heavy atom. The van der Waals surface area contributed by atoms with Crippen LogP contribution >= 0.6 is 15.9 Å². The van der Waals surface area contributed by atoms with Crippen molar-refractivity contribution in [3.8, 4) is 17.2 Å². The van der Waals surface area contributed by atoms with E-state index in [4.69, 9.17) is 0 Å². The third-order valence-corrected chi connectivity index (χ3v) is 5.30. The molecule has 6 heteroatoms. The molecule has 1 saturated heterocycles. The molecule has 25 heavy (non-hydrogen) atoms. The number of halogens is 1. The highest BCUT2D eigenvalue weighted by molar-refractivity contribution is 9.10. The minimum atomic E-state index is 0.566.